The zero-order valence-corrected chi connectivity index (χ0v) is 17.0. The number of carbonyl (C=O) groups excluding carboxylic acids is 1. The van der Waals surface area contributed by atoms with Gasteiger partial charge in [-0.1, -0.05) is 30.0 Å². The number of aromatic nitrogens is 4. The van der Waals surface area contributed by atoms with Crippen molar-refractivity contribution in [2.75, 3.05) is 25.3 Å². The van der Waals surface area contributed by atoms with Gasteiger partial charge in [-0.05, 0) is 6.07 Å². The molecule has 0 aliphatic carbocycles. The van der Waals surface area contributed by atoms with Crippen molar-refractivity contribution in [2.45, 2.75) is 5.16 Å². The Morgan fingerprint density at radius 2 is 1.83 bits per heavy atom. The van der Waals surface area contributed by atoms with Crippen LogP contribution in [-0.2, 0) is 11.8 Å². The number of nitrogens with zero attached hydrogens (tertiary/aromatic N) is 4. The van der Waals surface area contributed by atoms with Gasteiger partial charge in [0.1, 0.15) is 17.0 Å². The maximum absolute atomic E-state index is 12.4. The number of nitrogens with one attached hydrogen (secondary N) is 1. The fraction of sp³-hybridized carbons (Fsp3) is 0.200. The third-order valence-corrected chi connectivity index (χ3v) is 5.29. The predicted octanol–water partition coefficient (Wildman–Crippen LogP) is 3.26. The monoisotopic (exact) mass is 409 g/mol. The van der Waals surface area contributed by atoms with Crippen LogP contribution in [0.1, 0.15) is 0 Å². The third kappa shape index (κ3) is 3.81. The van der Waals surface area contributed by atoms with Gasteiger partial charge in [-0.2, -0.15) is 0 Å². The first-order chi connectivity index (χ1) is 14.1. The Bertz CT molecular complexity index is 1190. The van der Waals surface area contributed by atoms with E-state index < -0.39 is 0 Å². The molecule has 8 nitrogen and oxygen atoms in total. The molecule has 0 bridgehead atoms. The standard InChI is InChI=1S/C20H19N5O3S/c1-25-16-7-5-4-6-15(16)18-19(25)22-20(24-23-18)29-11-17(26)21-12-8-13(27-2)10-14(9-12)28-3/h4-10H,11H2,1-3H3,(H,21,26). The molecule has 4 aromatic rings. The third-order valence-electron chi connectivity index (χ3n) is 4.45. The van der Waals surface area contributed by atoms with Crippen LogP contribution in [0, 0.1) is 0 Å². The van der Waals surface area contributed by atoms with Crippen LogP contribution < -0.4 is 14.8 Å². The molecule has 1 amide bonds. The predicted molar refractivity (Wildman–Crippen MR) is 113 cm³/mol. The zero-order chi connectivity index (χ0) is 20.4. The van der Waals surface area contributed by atoms with E-state index in [-0.39, 0.29) is 11.7 Å². The molecule has 1 N–H and O–H groups in total. The quantitative estimate of drug-likeness (QED) is 0.489. The van der Waals surface area contributed by atoms with E-state index >= 15 is 0 Å². The Kier molecular flexibility index (Phi) is 5.22. The summed E-state index contributed by atoms with van der Waals surface area (Å²) in [6.07, 6.45) is 0. The van der Waals surface area contributed by atoms with Crippen LogP contribution in [0.4, 0.5) is 5.69 Å². The summed E-state index contributed by atoms with van der Waals surface area (Å²) in [6.45, 7) is 0. The van der Waals surface area contributed by atoms with Gasteiger partial charge in [0.15, 0.2) is 5.65 Å². The Morgan fingerprint density at radius 3 is 2.55 bits per heavy atom. The molecule has 0 unspecified atom stereocenters. The molecule has 9 heteroatoms. The van der Waals surface area contributed by atoms with Crippen LogP contribution in [0.5, 0.6) is 11.5 Å². The number of hydrogen-bond donors (Lipinski definition) is 1. The van der Waals surface area contributed by atoms with Gasteiger partial charge in [-0.3, -0.25) is 4.79 Å². The lowest BCUT2D eigenvalue weighted by molar-refractivity contribution is -0.113. The topological polar surface area (TPSA) is 91.2 Å². The first kappa shape index (κ1) is 19.0. The summed E-state index contributed by atoms with van der Waals surface area (Å²) in [5, 5.41) is 12.8. The highest BCUT2D eigenvalue weighted by Gasteiger charge is 2.13. The molecule has 2 aromatic heterocycles. The minimum Gasteiger partial charge on any atom is -0.497 e. The summed E-state index contributed by atoms with van der Waals surface area (Å²) >= 11 is 1.23. The first-order valence-electron chi connectivity index (χ1n) is 8.82. The highest BCUT2D eigenvalue weighted by molar-refractivity contribution is 7.99. The van der Waals surface area contributed by atoms with Crippen molar-refractivity contribution in [3.05, 3.63) is 42.5 Å². The van der Waals surface area contributed by atoms with Crippen molar-refractivity contribution in [3.63, 3.8) is 0 Å². The Balaban J connectivity index is 1.49. The number of para-hydroxylation sites is 1. The molecule has 0 atom stereocenters. The molecule has 0 spiro atoms. The average molecular weight is 409 g/mol. The number of aryl methyl sites for hydroxylation is 1. The molecule has 0 aliphatic heterocycles. The van der Waals surface area contributed by atoms with Gasteiger partial charge in [0.2, 0.25) is 11.1 Å². The summed E-state index contributed by atoms with van der Waals surface area (Å²) in [4.78, 5) is 16.9. The van der Waals surface area contributed by atoms with Gasteiger partial charge < -0.3 is 19.4 Å². The second-order valence-corrected chi connectivity index (χ2v) is 7.22. The Morgan fingerprint density at radius 1 is 1.10 bits per heavy atom. The minimum atomic E-state index is -0.189. The average Bonchev–Trinajstić information content (AvgIpc) is 3.04. The molecule has 2 heterocycles. The summed E-state index contributed by atoms with van der Waals surface area (Å²) in [7, 11) is 5.06. The number of ether oxygens (including phenoxy) is 2. The summed E-state index contributed by atoms with van der Waals surface area (Å²) in [5.74, 6) is 1.16. The Labute approximate surface area is 171 Å². The van der Waals surface area contributed by atoms with Crippen molar-refractivity contribution in [1.29, 1.82) is 0 Å². The van der Waals surface area contributed by atoms with Crippen molar-refractivity contribution in [3.8, 4) is 11.5 Å². The van der Waals surface area contributed by atoms with Crippen molar-refractivity contribution >= 4 is 45.4 Å². The number of benzene rings is 2. The number of rotatable bonds is 6. The van der Waals surface area contributed by atoms with Crippen LogP contribution >= 0.6 is 11.8 Å². The van der Waals surface area contributed by atoms with E-state index in [2.05, 4.69) is 20.5 Å². The van der Waals surface area contributed by atoms with E-state index in [0.29, 0.717) is 22.3 Å². The minimum absolute atomic E-state index is 0.149. The van der Waals surface area contributed by atoms with E-state index in [1.54, 1.807) is 32.4 Å². The van der Waals surface area contributed by atoms with Gasteiger partial charge in [0.05, 0.1) is 25.5 Å². The SMILES string of the molecule is COc1cc(NC(=O)CSc2nnc3c4ccccc4n(C)c3n2)cc(OC)c1. The van der Waals surface area contributed by atoms with Gasteiger partial charge in [0.25, 0.3) is 0 Å². The molecule has 2 aromatic carbocycles. The molecular formula is C20H19N5O3S. The van der Waals surface area contributed by atoms with Crippen LogP contribution in [0.3, 0.4) is 0 Å². The number of hydrogen-bond acceptors (Lipinski definition) is 7. The fourth-order valence-corrected chi connectivity index (χ4v) is 3.64. The molecule has 0 fully saturated rings. The van der Waals surface area contributed by atoms with E-state index in [4.69, 9.17) is 9.47 Å². The van der Waals surface area contributed by atoms with E-state index in [1.165, 1.54) is 11.8 Å². The molecule has 0 saturated heterocycles. The van der Waals surface area contributed by atoms with Crippen molar-refractivity contribution in [1.82, 2.24) is 19.7 Å². The van der Waals surface area contributed by atoms with E-state index in [1.807, 2.05) is 35.9 Å². The lowest BCUT2D eigenvalue weighted by atomic mass is 10.2. The summed E-state index contributed by atoms with van der Waals surface area (Å²) in [5.41, 5.74) is 3.12. The summed E-state index contributed by atoms with van der Waals surface area (Å²) < 4.78 is 12.4. The lowest BCUT2D eigenvalue weighted by Gasteiger charge is -2.09. The van der Waals surface area contributed by atoms with E-state index in [9.17, 15) is 4.79 Å². The molecule has 148 valence electrons. The number of methoxy groups -OCH3 is 2. The normalized spacial score (nSPS) is 11.0. The smallest absolute Gasteiger partial charge is 0.234 e. The number of amides is 1. The maximum Gasteiger partial charge on any atom is 0.234 e. The van der Waals surface area contributed by atoms with Crippen molar-refractivity contribution in [2.24, 2.45) is 7.05 Å². The number of thioether (sulfide) groups is 1. The van der Waals surface area contributed by atoms with Crippen LogP contribution in [-0.4, -0.2) is 45.6 Å². The molecule has 29 heavy (non-hydrogen) atoms. The zero-order valence-electron chi connectivity index (χ0n) is 16.2. The van der Waals surface area contributed by atoms with Gasteiger partial charge >= 0.3 is 0 Å². The molecule has 0 aliphatic rings. The van der Waals surface area contributed by atoms with E-state index in [0.717, 1.165) is 22.1 Å². The van der Waals surface area contributed by atoms with Gasteiger partial charge in [-0.15, -0.1) is 10.2 Å². The molecular weight excluding hydrogens is 390 g/mol. The largest absolute Gasteiger partial charge is 0.497 e. The molecule has 4 rings (SSSR count). The number of fused-ring (bicyclic) bond motifs is 3. The Hall–Kier alpha value is -3.33. The van der Waals surface area contributed by atoms with Crippen LogP contribution in [0.25, 0.3) is 22.1 Å². The van der Waals surface area contributed by atoms with Crippen molar-refractivity contribution < 1.29 is 14.3 Å². The summed E-state index contributed by atoms with van der Waals surface area (Å²) in [6, 6.07) is 13.1. The molecule has 0 saturated carbocycles. The second-order valence-electron chi connectivity index (χ2n) is 6.28. The molecule has 0 radical (unpaired) electrons. The maximum atomic E-state index is 12.4. The highest BCUT2D eigenvalue weighted by atomic mass is 32.2. The van der Waals surface area contributed by atoms with Gasteiger partial charge in [-0.25, -0.2) is 4.98 Å². The van der Waals surface area contributed by atoms with Crippen LogP contribution in [0.15, 0.2) is 47.6 Å². The fourth-order valence-electron chi connectivity index (χ4n) is 3.06. The number of anilines is 1. The first-order valence-corrected chi connectivity index (χ1v) is 9.81. The highest BCUT2D eigenvalue weighted by Crippen LogP contribution is 2.27. The second kappa shape index (κ2) is 7.96. The number of carbonyl (C=O) groups is 1. The van der Waals surface area contributed by atoms with Gasteiger partial charge in [0, 0.05) is 36.3 Å². The van der Waals surface area contributed by atoms with Crippen LogP contribution in [0.2, 0.25) is 0 Å². The lowest BCUT2D eigenvalue weighted by Crippen LogP contribution is -2.14.